The van der Waals surface area contributed by atoms with E-state index >= 15 is 0 Å². The summed E-state index contributed by atoms with van der Waals surface area (Å²) in [7, 11) is 0. The molecule has 162 valence electrons. The first-order valence-electron chi connectivity index (χ1n) is 9.85. The molecule has 0 spiro atoms. The van der Waals surface area contributed by atoms with Crippen molar-refractivity contribution < 1.29 is 19.4 Å². The van der Waals surface area contributed by atoms with Crippen molar-refractivity contribution in [1.29, 1.82) is 0 Å². The third kappa shape index (κ3) is 4.00. The van der Waals surface area contributed by atoms with Crippen molar-refractivity contribution in [3.8, 4) is 0 Å². The molecule has 1 saturated carbocycles. The Kier molecular flexibility index (Phi) is 5.45. The third-order valence-corrected chi connectivity index (χ3v) is 6.08. The summed E-state index contributed by atoms with van der Waals surface area (Å²) in [4.78, 5) is 37.2. The molecule has 1 aliphatic carbocycles. The zero-order chi connectivity index (χ0) is 22.3. The fourth-order valence-electron chi connectivity index (χ4n) is 4.17. The van der Waals surface area contributed by atoms with Gasteiger partial charge in [0.25, 0.3) is 5.56 Å². The molecule has 0 bridgehead atoms. The molecule has 4 rings (SSSR count). The molecule has 0 atom stereocenters. The van der Waals surface area contributed by atoms with E-state index in [1.165, 1.54) is 35.2 Å². The summed E-state index contributed by atoms with van der Waals surface area (Å²) in [6.07, 6.45) is 5.20. The summed E-state index contributed by atoms with van der Waals surface area (Å²) in [5.74, 6) is -2.07. The largest absolute Gasteiger partial charge is 0.477 e. The van der Waals surface area contributed by atoms with Crippen LogP contribution in [0.4, 0.5) is 4.39 Å². The fourth-order valence-corrected chi connectivity index (χ4v) is 4.37. The van der Waals surface area contributed by atoms with E-state index < -0.39 is 33.9 Å². The number of aliphatic hydroxyl groups is 1. The number of carboxylic acid groups (broad SMARTS) is 1. The molecule has 31 heavy (non-hydrogen) atoms. The van der Waals surface area contributed by atoms with Crippen LogP contribution in [0.5, 0.6) is 0 Å². The number of pyridine rings is 2. The van der Waals surface area contributed by atoms with Gasteiger partial charge in [0.15, 0.2) is 0 Å². The monoisotopic (exact) mass is 446 g/mol. The number of nitrogens with zero attached hydrogens (tertiary/aromatic N) is 2. The molecule has 1 fully saturated rings. The number of halogens is 2. The highest BCUT2D eigenvalue weighted by Gasteiger charge is 2.32. The zero-order valence-electron chi connectivity index (χ0n) is 16.5. The molecular weight excluding hydrogens is 427 g/mol. The first-order chi connectivity index (χ1) is 14.7. The molecule has 0 saturated heterocycles. The molecule has 1 aliphatic rings. The van der Waals surface area contributed by atoms with Crippen LogP contribution in [0.15, 0.2) is 46.2 Å². The third-order valence-electron chi connectivity index (χ3n) is 5.79. The van der Waals surface area contributed by atoms with Crippen LogP contribution in [-0.4, -0.2) is 30.9 Å². The van der Waals surface area contributed by atoms with E-state index in [-0.39, 0.29) is 34.6 Å². The maximum Gasteiger partial charge on any atom is 0.341 e. The molecule has 0 amide bonds. The van der Waals surface area contributed by atoms with Gasteiger partial charge in [-0.25, -0.2) is 9.18 Å². The maximum atomic E-state index is 14.3. The second-order valence-electron chi connectivity index (χ2n) is 7.99. The Morgan fingerprint density at radius 2 is 1.87 bits per heavy atom. The Labute approximate surface area is 180 Å². The topological polar surface area (TPSA) is 102 Å². The van der Waals surface area contributed by atoms with Crippen LogP contribution < -0.4 is 11.0 Å². The Balaban J connectivity index is 1.89. The molecule has 0 unspecified atom stereocenters. The summed E-state index contributed by atoms with van der Waals surface area (Å²) in [6.45, 7) is -0.113. The SMILES string of the molecule is O=C(O)c1cn(CC2(O)CCCC2)c2cc(=O)n(Cc3cccc(Cl)c3F)cc2c1=O. The summed E-state index contributed by atoms with van der Waals surface area (Å²) >= 11 is 5.81. The van der Waals surface area contributed by atoms with E-state index in [2.05, 4.69) is 0 Å². The number of hydrogen-bond acceptors (Lipinski definition) is 4. The number of rotatable bonds is 5. The van der Waals surface area contributed by atoms with Crippen molar-refractivity contribution in [2.75, 3.05) is 0 Å². The lowest BCUT2D eigenvalue weighted by Crippen LogP contribution is -2.33. The number of aromatic nitrogens is 2. The molecule has 2 N–H and O–H groups in total. The van der Waals surface area contributed by atoms with E-state index in [1.54, 1.807) is 6.07 Å². The summed E-state index contributed by atoms with van der Waals surface area (Å²) < 4.78 is 16.9. The van der Waals surface area contributed by atoms with E-state index in [9.17, 15) is 29.0 Å². The van der Waals surface area contributed by atoms with Crippen LogP contribution in [0.25, 0.3) is 10.9 Å². The van der Waals surface area contributed by atoms with Gasteiger partial charge in [0.1, 0.15) is 11.4 Å². The lowest BCUT2D eigenvalue weighted by Gasteiger charge is -2.25. The molecule has 1 aromatic carbocycles. The first-order valence-corrected chi connectivity index (χ1v) is 10.2. The van der Waals surface area contributed by atoms with Crippen molar-refractivity contribution >= 4 is 28.5 Å². The first kappa shape index (κ1) is 21.3. The quantitative estimate of drug-likeness (QED) is 0.627. The van der Waals surface area contributed by atoms with Gasteiger partial charge in [0.2, 0.25) is 5.43 Å². The fraction of sp³-hybridized carbons (Fsp3) is 0.318. The minimum Gasteiger partial charge on any atom is -0.477 e. The van der Waals surface area contributed by atoms with E-state index in [0.717, 1.165) is 17.4 Å². The Hall–Kier alpha value is -2.97. The van der Waals surface area contributed by atoms with Gasteiger partial charge >= 0.3 is 5.97 Å². The Bertz CT molecular complexity index is 1310. The number of benzene rings is 1. The molecular formula is C22H20ClFN2O5. The molecule has 2 heterocycles. The van der Waals surface area contributed by atoms with Crippen LogP contribution >= 0.6 is 11.6 Å². The highest BCUT2D eigenvalue weighted by atomic mass is 35.5. The van der Waals surface area contributed by atoms with Crippen LogP contribution in [0.3, 0.4) is 0 Å². The molecule has 0 aliphatic heterocycles. The minimum atomic E-state index is -1.40. The van der Waals surface area contributed by atoms with Gasteiger partial charge in [-0.15, -0.1) is 0 Å². The lowest BCUT2D eigenvalue weighted by atomic mass is 10.0. The second kappa shape index (κ2) is 7.94. The molecule has 0 radical (unpaired) electrons. The van der Waals surface area contributed by atoms with Crippen LogP contribution in [-0.2, 0) is 13.1 Å². The van der Waals surface area contributed by atoms with Crippen LogP contribution in [0.1, 0.15) is 41.6 Å². The van der Waals surface area contributed by atoms with Gasteiger partial charge in [-0.3, -0.25) is 9.59 Å². The Morgan fingerprint density at radius 1 is 1.16 bits per heavy atom. The zero-order valence-corrected chi connectivity index (χ0v) is 17.2. The van der Waals surface area contributed by atoms with E-state index in [4.69, 9.17) is 11.6 Å². The average molecular weight is 447 g/mol. The normalized spacial score (nSPS) is 15.5. The number of aromatic carboxylic acids is 1. The molecule has 9 heteroatoms. The highest BCUT2D eigenvalue weighted by molar-refractivity contribution is 6.30. The summed E-state index contributed by atoms with van der Waals surface area (Å²) in [5, 5.41) is 20.2. The summed E-state index contributed by atoms with van der Waals surface area (Å²) in [6, 6.07) is 5.61. The number of fused-ring (bicyclic) bond motifs is 1. The minimum absolute atomic E-state index is 0.00327. The van der Waals surface area contributed by atoms with Crippen LogP contribution in [0, 0.1) is 5.82 Å². The lowest BCUT2D eigenvalue weighted by molar-refractivity contribution is 0.0307. The summed E-state index contributed by atoms with van der Waals surface area (Å²) in [5.41, 5.74) is -2.37. The van der Waals surface area contributed by atoms with Crippen molar-refractivity contribution in [3.05, 3.63) is 79.2 Å². The number of carboxylic acids is 1. The maximum absolute atomic E-state index is 14.3. The van der Waals surface area contributed by atoms with Crippen molar-refractivity contribution in [2.45, 2.75) is 44.4 Å². The van der Waals surface area contributed by atoms with Crippen molar-refractivity contribution in [1.82, 2.24) is 9.13 Å². The van der Waals surface area contributed by atoms with Gasteiger partial charge < -0.3 is 19.3 Å². The number of hydrogen-bond donors (Lipinski definition) is 2. The van der Waals surface area contributed by atoms with Gasteiger partial charge in [-0.1, -0.05) is 36.6 Å². The van der Waals surface area contributed by atoms with E-state index in [1.807, 2.05) is 0 Å². The smallest absolute Gasteiger partial charge is 0.341 e. The molecule has 2 aromatic heterocycles. The average Bonchev–Trinajstić information content (AvgIpc) is 3.14. The molecule has 7 nitrogen and oxygen atoms in total. The Morgan fingerprint density at radius 3 is 2.55 bits per heavy atom. The number of carbonyl (C=O) groups is 1. The van der Waals surface area contributed by atoms with Gasteiger partial charge in [0.05, 0.1) is 34.6 Å². The predicted molar refractivity (Wildman–Crippen MR) is 113 cm³/mol. The van der Waals surface area contributed by atoms with Crippen LogP contribution in [0.2, 0.25) is 5.02 Å². The predicted octanol–water partition coefficient (Wildman–Crippen LogP) is 3.01. The van der Waals surface area contributed by atoms with Gasteiger partial charge in [-0.05, 0) is 18.9 Å². The van der Waals surface area contributed by atoms with Crippen molar-refractivity contribution in [2.24, 2.45) is 0 Å². The van der Waals surface area contributed by atoms with Gasteiger partial charge in [-0.2, -0.15) is 0 Å². The van der Waals surface area contributed by atoms with Gasteiger partial charge in [0, 0.05) is 24.0 Å². The highest BCUT2D eigenvalue weighted by Crippen LogP contribution is 2.31. The second-order valence-corrected chi connectivity index (χ2v) is 8.40. The molecule has 3 aromatic rings. The standard InChI is InChI=1S/C22H20ClFN2O5/c23-16-5-3-4-13(19(16)24)9-25-10-14-17(8-18(25)27)26(11-15(20(14)28)21(29)30)12-22(31)6-1-2-7-22/h3-5,8,10-11,31H,1-2,6-7,9,12H2,(H,29,30). The van der Waals surface area contributed by atoms with E-state index in [0.29, 0.717) is 12.8 Å². The van der Waals surface area contributed by atoms with Crippen molar-refractivity contribution in [3.63, 3.8) is 0 Å².